The number of nitrogens with zero attached hydrogens (tertiary/aromatic N) is 3. The Morgan fingerprint density at radius 1 is 1.29 bits per heavy atom. The van der Waals surface area contributed by atoms with Crippen molar-refractivity contribution in [2.45, 2.75) is 13.3 Å². The van der Waals surface area contributed by atoms with Crippen LogP contribution < -0.4 is 9.73 Å². The minimum absolute atomic E-state index is 0.113. The molecule has 0 radical (unpaired) electrons. The molecule has 2 aliphatic rings. The summed E-state index contributed by atoms with van der Waals surface area (Å²) in [5.41, 5.74) is 7.67. The van der Waals surface area contributed by atoms with Gasteiger partial charge >= 0.3 is 0 Å². The predicted molar refractivity (Wildman–Crippen MR) is 120 cm³/mol. The topological polar surface area (TPSA) is 74.1 Å². The fourth-order valence-electron chi connectivity index (χ4n) is 3.18. The zero-order valence-electron chi connectivity index (χ0n) is 15.2. The monoisotopic (exact) mass is 478 g/mol. The molecule has 146 valence electrons. The van der Waals surface area contributed by atoms with Gasteiger partial charge in [0.1, 0.15) is 0 Å². The van der Waals surface area contributed by atoms with Crippen molar-refractivity contribution in [1.29, 1.82) is 0 Å². The fraction of sp³-hybridized carbons (Fsp3) is 0.263. The number of aliphatic imine (C=N–C) groups is 1. The van der Waals surface area contributed by atoms with Crippen LogP contribution in [0.15, 0.2) is 57.0 Å². The molecular weight excluding hydrogens is 460 g/mol. The van der Waals surface area contributed by atoms with Crippen LogP contribution in [0.5, 0.6) is 0 Å². The zero-order chi connectivity index (χ0) is 19.7. The summed E-state index contributed by atoms with van der Waals surface area (Å²) in [6.07, 6.45) is 0.728. The zero-order valence-corrected chi connectivity index (χ0v) is 18.4. The number of fused-ring (bicyclic) bond motifs is 1. The number of anilines is 1. The van der Waals surface area contributed by atoms with Gasteiger partial charge in [0.25, 0.3) is 0 Å². The molecule has 0 aliphatic carbocycles. The lowest BCUT2D eigenvalue weighted by atomic mass is 10.1. The maximum Gasteiger partial charge on any atom is 0.234 e. The van der Waals surface area contributed by atoms with Crippen molar-refractivity contribution in [1.82, 2.24) is 5.43 Å². The number of halogens is 1. The largest absolute Gasteiger partial charge is 0.270 e. The van der Waals surface area contributed by atoms with Crippen LogP contribution in [-0.2, 0) is 16.4 Å². The van der Waals surface area contributed by atoms with Crippen LogP contribution in [0.1, 0.15) is 18.1 Å². The summed E-state index contributed by atoms with van der Waals surface area (Å²) in [4.78, 5) is 4.57. The Morgan fingerprint density at radius 3 is 2.86 bits per heavy atom. The third kappa shape index (κ3) is 3.97. The molecule has 1 N–H and O–H groups in total. The smallest absolute Gasteiger partial charge is 0.234 e. The van der Waals surface area contributed by atoms with Crippen molar-refractivity contribution in [2.24, 2.45) is 10.1 Å². The molecule has 0 saturated carbocycles. The van der Waals surface area contributed by atoms with Gasteiger partial charge in [0, 0.05) is 16.8 Å². The molecule has 2 aromatic rings. The van der Waals surface area contributed by atoms with Gasteiger partial charge in [-0.15, -0.1) is 0 Å². The molecule has 0 spiro atoms. The van der Waals surface area contributed by atoms with Gasteiger partial charge in [0.2, 0.25) is 10.0 Å². The Kier molecular flexibility index (Phi) is 5.48. The van der Waals surface area contributed by atoms with E-state index < -0.39 is 10.0 Å². The third-order valence-electron chi connectivity index (χ3n) is 4.64. The standard InChI is InChI=1S/C19H19BrN4O2S2/c1-2-28(25,26)24-9-8-14-10-13(6-7-18(14)24)17-12-27-19(23-22-17)21-16-5-3-4-15(20)11-16/h3-7,10-11H,2,8-9,12H2,1H3,(H,21,23). The van der Waals surface area contributed by atoms with E-state index in [1.54, 1.807) is 18.7 Å². The Labute approximate surface area is 177 Å². The summed E-state index contributed by atoms with van der Waals surface area (Å²) < 4.78 is 27.0. The maximum atomic E-state index is 12.2. The summed E-state index contributed by atoms with van der Waals surface area (Å²) in [6.45, 7) is 2.19. The van der Waals surface area contributed by atoms with Gasteiger partial charge in [-0.2, -0.15) is 5.10 Å². The van der Waals surface area contributed by atoms with Crippen molar-refractivity contribution in [3.63, 3.8) is 0 Å². The van der Waals surface area contributed by atoms with Crippen LogP contribution in [0.4, 0.5) is 11.4 Å². The number of hydrogen-bond donors (Lipinski definition) is 1. The Hall–Kier alpha value is -1.84. The van der Waals surface area contributed by atoms with Crippen molar-refractivity contribution >= 4 is 60.0 Å². The first-order valence-corrected chi connectivity index (χ1v) is 12.3. The van der Waals surface area contributed by atoms with Crippen LogP contribution in [0, 0.1) is 0 Å². The van der Waals surface area contributed by atoms with E-state index in [1.165, 1.54) is 4.31 Å². The van der Waals surface area contributed by atoms with E-state index in [2.05, 4.69) is 37.5 Å². The fourth-order valence-corrected chi connectivity index (χ4v) is 5.51. The number of benzene rings is 2. The molecule has 2 aliphatic heterocycles. The Bertz CT molecular complexity index is 1080. The maximum absolute atomic E-state index is 12.2. The molecule has 0 atom stereocenters. The highest BCUT2D eigenvalue weighted by molar-refractivity contribution is 9.10. The van der Waals surface area contributed by atoms with E-state index in [-0.39, 0.29) is 5.75 Å². The van der Waals surface area contributed by atoms with E-state index in [1.807, 2.05) is 36.4 Å². The number of hydrazone groups is 1. The third-order valence-corrected chi connectivity index (χ3v) is 7.78. The number of amidine groups is 1. The molecule has 0 unspecified atom stereocenters. The summed E-state index contributed by atoms with van der Waals surface area (Å²) in [6, 6.07) is 13.7. The molecule has 28 heavy (non-hydrogen) atoms. The highest BCUT2D eigenvalue weighted by Crippen LogP contribution is 2.32. The van der Waals surface area contributed by atoms with Crippen molar-refractivity contribution < 1.29 is 8.42 Å². The van der Waals surface area contributed by atoms with Crippen molar-refractivity contribution in [3.05, 3.63) is 58.1 Å². The van der Waals surface area contributed by atoms with E-state index in [9.17, 15) is 8.42 Å². The molecule has 9 heteroatoms. The van der Waals surface area contributed by atoms with Crippen LogP contribution in [0.2, 0.25) is 0 Å². The lowest BCUT2D eigenvalue weighted by Gasteiger charge is -2.19. The van der Waals surface area contributed by atoms with Crippen molar-refractivity contribution in [3.8, 4) is 0 Å². The molecule has 0 aromatic heterocycles. The Balaban J connectivity index is 1.53. The molecule has 2 aromatic carbocycles. The molecule has 0 bridgehead atoms. The van der Waals surface area contributed by atoms with Crippen LogP contribution in [0.25, 0.3) is 0 Å². The summed E-state index contributed by atoms with van der Waals surface area (Å²) in [5.74, 6) is 0.817. The Morgan fingerprint density at radius 2 is 2.14 bits per heavy atom. The summed E-state index contributed by atoms with van der Waals surface area (Å²) in [7, 11) is -3.22. The summed E-state index contributed by atoms with van der Waals surface area (Å²) in [5, 5.41) is 5.23. The molecule has 4 rings (SSSR count). The highest BCUT2D eigenvalue weighted by atomic mass is 79.9. The van der Waals surface area contributed by atoms with Crippen molar-refractivity contribution in [2.75, 3.05) is 22.4 Å². The van der Waals surface area contributed by atoms with E-state index in [0.717, 1.165) is 44.3 Å². The predicted octanol–water partition coefficient (Wildman–Crippen LogP) is 3.89. The quantitative estimate of drug-likeness (QED) is 0.722. The van der Waals surface area contributed by atoms with Crippen LogP contribution in [0.3, 0.4) is 0 Å². The lowest BCUT2D eigenvalue weighted by Crippen LogP contribution is -2.30. The average molecular weight is 479 g/mol. The first-order valence-electron chi connectivity index (χ1n) is 8.89. The number of thioether (sulfide) groups is 1. The van der Waals surface area contributed by atoms with Gasteiger partial charge < -0.3 is 0 Å². The van der Waals surface area contributed by atoms with Gasteiger partial charge in [0.05, 0.1) is 22.8 Å². The second kappa shape index (κ2) is 7.88. The van der Waals surface area contributed by atoms with Crippen LogP contribution >= 0.6 is 27.7 Å². The van der Waals surface area contributed by atoms with E-state index >= 15 is 0 Å². The average Bonchev–Trinajstić information content (AvgIpc) is 3.13. The number of hydrogen-bond acceptors (Lipinski definition) is 5. The van der Waals surface area contributed by atoms with Gasteiger partial charge in [0.15, 0.2) is 5.17 Å². The molecule has 0 amide bonds. The number of rotatable bonds is 4. The van der Waals surface area contributed by atoms with Gasteiger partial charge in [-0.05, 0) is 54.8 Å². The van der Waals surface area contributed by atoms with E-state index in [4.69, 9.17) is 0 Å². The van der Waals surface area contributed by atoms with E-state index in [0.29, 0.717) is 12.3 Å². The highest BCUT2D eigenvalue weighted by Gasteiger charge is 2.28. The number of nitrogens with one attached hydrogen (secondary N) is 1. The number of sulfonamides is 1. The molecule has 0 fully saturated rings. The molecular formula is C19H19BrN4O2S2. The van der Waals surface area contributed by atoms with Gasteiger partial charge in [-0.1, -0.05) is 39.8 Å². The normalized spacial score (nSPS) is 18.0. The first-order chi connectivity index (χ1) is 13.5. The van der Waals surface area contributed by atoms with Gasteiger partial charge in [-0.3, -0.25) is 9.73 Å². The second-order valence-electron chi connectivity index (χ2n) is 6.42. The first kappa shape index (κ1) is 19.5. The van der Waals surface area contributed by atoms with Crippen LogP contribution in [-0.4, -0.2) is 37.3 Å². The second-order valence-corrected chi connectivity index (χ2v) is 10.5. The minimum Gasteiger partial charge on any atom is -0.270 e. The minimum atomic E-state index is -3.22. The summed E-state index contributed by atoms with van der Waals surface area (Å²) >= 11 is 5.04. The molecule has 6 nitrogen and oxygen atoms in total. The molecule has 0 saturated heterocycles. The van der Waals surface area contributed by atoms with Gasteiger partial charge in [-0.25, -0.2) is 13.4 Å². The lowest BCUT2D eigenvalue weighted by molar-refractivity contribution is 0.593. The molecule has 2 heterocycles. The SMILES string of the molecule is CCS(=O)(=O)N1CCc2cc(C3=NNC(=Nc4cccc(Br)c4)SC3)ccc21.